The van der Waals surface area contributed by atoms with Crippen molar-refractivity contribution in [2.45, 2.75) is 19.4 Å². The molecule has 0 aromatic rings. The van der Waals surface area contributed by atoms with Crippen LogP contribution in [0.2, 0.25) is 0 Å². The van der Waals surface area contributed by atoms with E-state index in [0.717, 1.165) is 0 Å². The van der Waals surface area contributed by atoms with Crippen molar-refractivity contribution in [1.82, 2.24) is 0 Å². The van der Waals surface area contributed by atoms with Gasteiger partial charge in [-0.2, -0.15) is 0 Å². The van der Waals surface area contributed by atoms with Gasteiger partial charge < -0.3 is 14.6 Å². The van der Waals surface area contributed by atoms with E-state index in [0.29, 0.717) is 6.61 Å². The summed E-state index contributed by atoms with van der Waals surface area (Å²) >= 11 is 0. The second kappa shape index (κ2) is 4.76. The number of hydrogen-bond donors (Lipinski definition) is 1. The van der Waals surface area contributed by atoms with Crippen LogP contribution in [-0.4, -0.2) is 36.4 Å². The largest absolute Gasteiger partial charge is 0.481 e. The number of carbonyl (C=O) groups is 2. The zero-order valence-electron chi connectivity index (χ0n) is 7.86. The van der Waals surface area contributed by atoms with Gasteiger partial charge in [0.2, 0.25) is 0 Å². The number of esters is 1. The van der Waals surface area contributed by atoms with Gasteiger partial charge in [0, 0.05) is 5.57 Å². The topological polar surface area (TPSA) is 76.1 Å². The van der Waals surface area contributed by atoms with Crippen LogP contribution < -0.4 is 0 Å². The molecule has 0 amide bonds. The number of ether oxygens (including phenoxy) is 2. The Morgan fingerprint density at radius 2 is 2.29 bits per heavy atom. The van der Waals surface area contributed by atoms with Gasteiger partial charge in [0.1, 0.15) is 12.7 Å². The molecule has 1 fully saturated rings. The van der Waals surface area contributed by atoms with Crippen molar-refractivity contribution in [1.29, 1.82) is 0 Å². The Morgan fingerprint density at radius 1 is 1.64 bits per heavy atom. The zero-order valence-corrected chi connectivity index (χ0v) is 7.86. The lowest BCUT2D eigenvalue weighted by molar-refractivity contribution is -0.143. The van der Waals surface area contributed by atoms with E-state index in [-0.39, 0.29) is 24.7 Å². The minimum absolute atomic E-state index is 0.00174. The summed E-state index contributed by atoms with van der Waals surface area (Å²) in [4.78, 5) is 21.6. The maximum Gasteiger partial charge on any atom is 0.334 e. The molecule has 0 radical (unpaired) electrons. The third-order valence-electron chi connectivity index (χ3n) is 1.76. The molecule has 0 spiro atoms. The quantitative estimate of drug-likeness (QED) is 0.393. The Bertz CT molecular complexity index is 264. The predicted molar refractivity (Wildman–Crippen MR) is 46.7 cm³/mol. The van der Waals surface area contributed by atoms with Crippen molar-refractivity contribution in [2.75, 3.05) is 13.2 Å². The summed E-state index contributed by atoms with van der Waals surface area (Å²) in [5.74, 6) is -1.62. The summed E-state index contributed by atoms with van der Waals surface area (Å²) in [5.41, 5.74) is 0.165. The lowest BCUT2D eigenvalue weighted by atomic mass is 10.2. The second-order valence-electron chi connectivity index (χ2n) is 2.94. The Kier molecular flexibility index (Phi) is 3.64. The standard InChI is InChI=1S/C9H12O5/c1-2-6(3-8(10)11)9(12)14-5-7-4-13-7/h2,7H,3-5H2,1H3,(H,10,11). The van der Waals surface area contributed by atoms with Crippen LogP contribution in [0.5, 0.6) is 0 Å². The minimum atomic E-state index is -1.04. The van der Waals surface area contributed by atoms with Crippen LogP contribution in [0.15, 0.2) is 11.6 Å². The number of aliphatic carboxylic acids is 1. The molecule has 1 rings (SSSR count). The fraction of sp³-hybridized carbons (Fsp3) is 0.556. The minimum Gasteiger partial charge on any atom is -0.481 e. The van der Waals surface area contributed by atoms with Crippen LogP contribution in [-0.2, 0) is 19.1 Å². The zero-order chi connectivity index (χ0) is 10.6. The Morgan fingerprint density at radius 3 is 2.71 bits per heavy atom. The smallest absolute Gasteiger partial charge is 0.334 e. The van der Waals surface area contributed by atoms with E-state index in [9.17, 15) is 9.59 Å². The van der Waals surface area contributed by atoms with E-state index in [4.69, 9.17) is 14.6 Å². The Labute approximate surface area is 81.3 Å². The highest BCUT2D eigenvalue weighted by molar-refractivity contribution is 5.93. The molecule has 1 heterocycles. The first-order valence-electron chi connectivity index (χ1n) is 4.29. The molecule has 5 heteroatoms. The average molecular weight is 200 g/mol. The molecule has 5 nitrogen and oxygen atoms in total. The molecule has 0 aromatic heterocycles. The fourth-order valence-electron chi connectivity index (χ4n) is 0.881. The second-order valence-corrected chi connectivity index (χ2v) is 2.94. The highest BCUT2D eigenvalue weighted by Crippen LogP contribution is 2.11. The van der Waals surface area contributed by atoms with E-state index < -0.39 is 11.9 Å². The number of epoxide rings is 1. The van der Waals surface area contributed by atoms with Gasteiger partial charge in [-0.3, -0.25) is 4.79 Å². The first-order valence-corrected chi connectivity index (χ1v) is 4.29. The van der Waals surface area contributed by atoms with E-state index in [1.165, 1.54) is 6.08 Å². The normalized spacial score (nSPS) is 20.4. The van der Waals surface area contributed by atoms with Crippen LogP contribution in [0.4, 0.5) is 0 Å². The summed E-state index contributed by atoms with van der Waals surface area (Å²) < 4.78 is 9.66. The lowest BCUT2D eigenvalue weighted by Gasteiger charge is -2.04. The molecule has 1 aliphatic rings. The molecule has 1 saturated heterocycles. The van der Waals surface area contributed by atoms with Gasteiger partial charge in [0.15, 0.2) is 0 Å². The monoisotopic (exact) mass is 200 g/mol. The van der Waals surface area contributed by atoms with Crippen molar-refractivity contribution in [3.05, 3.63) is 11.6 Å². The average Bonchev–Trinajstić information content (AvgIpc) is 2.93. The van der Waals surface area contributed by atoms with Crippen molar-refractivity contribution >= 4 is 11.9 Å². The molecule has 1 aliphatic heterocycles. The van der Waals surface area contributed by atoms with Gasteiger partial charge >= 0.3 is 11.9 Å². The van der Waals surface area contributed by atoms with Gasteiger partial charge in [0.05, 0.1) is 13.0 Å². The van der Waals surface area contributed by atoms with Crippen LogP contribution in [0.25, 0.3) is 0 Å². The van der Waals surface area contributed by atoms with E-state index in [2.05, 4.69) is 0 Å². The summed E-state index contributed by atoms with van der Waals surface area (Å²) in [6.45, 7) is 2.42. The SMILES string of the molecule is CC=C(CC(=O)O)C(=O)OCC1CO1. The summed E-state index contributed by atoms with van der Waals surface area (Å²) in [5, 5.41) is 8.48. The Hall–Kier alpha value is -1.36. The molecular weight excluding hydrogens is 188 g/mol. The molecule has 0 bridgehead atoms. The molecule has 78 valence electrons. The molecule has 0 aliphatic carbocycles. The highest BCUT2D eigenvalue weighted by atomic mass is 16.6. The first kappa shape index (κ1) is 10.7. The number of carboxylic acids is 1. The molecule has 14 heavy (non-hydrogen) atoms. The van der Waals surface area contributed by atoms with Crippen molar-refractivity contribution in [2.24, 2.45) is 0 Å². The third-order valence-corrected chi connectivity index (χ3v) is 1.76. The molecule has 0 saturated carbocycles. The van der Waals surface area contributed by atoms with Crippen molar-refractivity contribution in [3.8, 4) is 0 Å². The lowest BCUT2D eigenvalue weighted by Crippen LogP contribution is -2.14. The van der Waals surface area contributed by atoms with Gasteiger partial charge in [-0.05, 0) is 6.92 Å². The van der Waals surface area contributed by atoms with E-state index in [1.807, 2.05) is 0 Å². The third kappa shape index (κ3) is 3.57. The maximum absolute atomic E-state index is 11.2. The number of hydrogen-bond acceptors (Lipinski definition) is 4. The fourth-order valence-corrected chi connectivity index (χ4v) is 0.881. The van der Waals surface area contributed by atoms with Gasteiger partial charge in [-0.25, -0.2) is 4.79 Å². The van der Waals surface area contributed by atoms with E-state index >= 15 is 0 Å². The van der Waals surface area contributed by atoms with Crippen molar-refractivity contribution < 1.29 is 24.2 Å². The van der Waals surface area contributed by atoms with E-state index in [1.54, 1.807) is 6.92 Å². The van der Waals surface area contributed by atoms with Crippen LogP contribution in [0.1, 0.15) is 13.3 Å². The number of carbonyl (C=O) groups excluding carboxylic acids is 1. The maximum atomic E-state index is 11.2. The summed E-state index contributed by atoms with van der Waals surface area (Å²) in [6.07, 6.45) is 1.15. The number of allylic oxidation sites excluding steroid dienone is 1. The van der Waals surface area contributed by atoms with Crippen LogP contribution in [0.3, 0.4) is 0 Å². The predicted octanol–water partition coefficient (Wildman–Crippen LogP) is 0.349. The Balaban J connectivity index is 2.34. The summed E-state index contributed by atoms with van der Waals surface area (Å²) in [6, 6.07) is 0. The number of carboxylic acid groups (broad SMARTS) is 1. The van der Waals surface area contributed by atoms with Gasteiger partial charge in [0.25, 0.3) is 0 Å². The molecule has 1 atom stereocenters. The van der Waals surface area contributed by atoms with Crippen LogP contribution in [0, 0.1) is 0 Å². The molecular formula is C9H12O5. The molecule has 1 N–H and O–H groups in total. The van der Waals surface area contributed by atoms with Gasteiger partial charge in [-0.15, -0.1) is 0 Å². The first-order chi connectivity index (χ1) is 6.63. The molecule has 1 unspecified atom stereocenters. The number of rotatable bonds is 5. The van der Waals surface area contributed by atoms with Crippen LogP contribution >= 0.6 is 0 Å². The highest BCUT2D eigenvalue weighted by Gasteiger charge is 2.25. The van der Waals surface area contributed by atoms with Crippen molar-refractivity contribution in [3.63, 3.8) is 0 Å². The summed E-state index contributed by atoms with van der Waals surface area (Å²) in [7, 11) is 0. The molecule has 0 aromatic carbocycles. The van der Waals surface area contributed by atoms with Gasteiger partial charge in [-0.1, -0.05) is 6.08 Å².